The number of halogens is 1. The summed E-state index contributed by atoms with van der Waals surface area (Å²) < 4.78 is 27.1. The summed E-state index contributed by atoms with van der Waals surface area (Å²) in [6, 6.07) is 122. The number of benzene rings is 10. The third-order valence-electron chi connectivity index (χ3n) is 23.2. The Kier molecular flexibility index (Phi) is 23.9. The molecule has 10 heterocycles. The molecule has 0 amide bonds. The fraction of sp³-hybridized carbons (Fsp3) is 0.111. The molecule has 2 fully saturated rings. The molecule has 0 N–H and O–H groups in total. The van der Waals surface area contributed by atoms with Gasteiger partial charge in [0, 0.05) is 63.1 Å². The van der Waals surface area contributed by atoms with Gasteiger partial charge in [-0.1, -0.05) is 243 Å². The largest absolute Gasteiger partial charge is 0.494 e. The van der Waals surface area contributed by atoms with Crippen molar-refractivity contribution in [1.82, 2.24) is 59.8 Å². The molecule has 18 aromatic rings. The third-order valence-corrected chi connectivity index (χ3v) is 23.7. The summed E-state index contributed by atoms with van der Waals surface area (Å²) in [5, 5.41) is 0. The normalized spacial score (nSPS) is 14.0. The SMILES string of the molecule is Brc1cccc(-c2ccccn2)n1.CC1(C)OB(c2cc(-c3ccccc3)cc(-c3nc(-c4ccccc4)nc(-c4cc(B5OC(C)(C)C(C)(C)O5)cc(-c5ccccc5)c4)n3)c2)OC1(C)C.c1ccc(-c2cc(-c3cccc(-c4ccccn4)n3)cc(-c3nc(-c4ccccc4)nc(-c4cc(-c5ccccc5)cc(-c5cccc(-c6ccccn6)n5)c4)n3)c2)cc1. The highest BCUT2D eigenvalue weighted by molar-refractivity contribution is 9.10. The fourth-order valence-corrected chi connectivity index (χ4v) is 15.4. The zero-order chi connectivity index (χ0) is 87.1. The van der Waals surface area contributed by atoms with Crippen LogP contribution < -0.4 is 10.9 Å². The summed E-state index contributed by atoms with van der Waals surface area (Å²) in [5.74, 6) is 3.30. The van der Waals surface area contributed by atoms with Gasteiger partial charge < -0.3 is 18.6 Å². The lowest BCUT2D eigenvalue weighted by Crippen LogP contribution is -2.41. The Labute approximate surface area is 749 Å². The third kappa shape index (κ3) is 19.0. The maximum Gasteiger partial charge on any atom is 0.494 e. The molecular weight excluding hydrogens is 1630 g/mol. The fourth-order valence-electron chi connectivity index (χ4n) is 15.1. The molecular formula is C108H87B2BrN12O4. The summed E-state index contributed by atoms with van der Waals surface area (Å²) in [6.07, 6.45) is 5.33. The highest BCUT2D eigenvalue weighted by Crippen LogP contribution is 2.42. The molecule has 0 spiro atoms. The van der Waals surface area contributed by atoms with E-state index in [-0.39, 0.29) is 0 Å². The first-order valence-electron chi connectivity index (χ1n) is 42.2. The second-order valence-corrected chi connectivity index (χ2v) is 33.9. The van der Waals surface area contributed by atoms with Gasteiger partial charge in [-0.05, 0) is 248 Å². The molecule has 19 heteroatoms. The minimum atomic E-state index is -0.572. The van der Waals surface area contributed by atoms with E-state index in [1.54, 1.807) is 18.6 Å². The summed E-state index contributed by atoms with van der Waals surface area (Å²) in [4.78, 5) is 58.9. The second kappa shape index (κ2) is 36.4. The van der Waals surface area contributed by atoms with Crippen LogP contribution in [0.4, 0.5) is 0 Å². The molecule has 0 atom stereocenters. The number of hydrogen-bond donors (Lipinski definition) is 0. The molecule has 0 bridgehead atoms. The average Bonchev–Trinajstić information content (AvgIpc) is 1.54. The zero-order valence-corrected chi connectivity index (χ0v) is 73.0. The van der Waals surface area contributed by atoms with E-state index in [0.717, 1.165) is 150 Å². The van der Waals surface area contributed by atoms with Crippen molar-refractivity contribution < 1.29 is 18.6 Å². The van der Waals surface area contributed by atoms with Gasteiger partial charge >= 0.3 is 14.2 Å². The van der Waals surface area contributed by atoms with Crippen molar-refractivity contribution in [3.8, 4) is 170 Å². The van der Waals surface area contributed by atoms with Gasteiger partial charge in [0.2, 0.25) is 0 Å². The number of rotatable bonds is 17. The van der Waals surface area contributed by atoms with Gasteiger partial charge in [0.05, 0.1) is 68.0 Å². The highest BCUT2D eigenvalue weighted by Gasteiger charge is 2.53. The van der Waals surface area contributed by atoms with E-state index >= 15 is 0 Å². The Balaban J connectivity index is 0.000000151. The number of pyridine rings is 6. The van der Waals surface area contributed by atoms with Gasteiger partial charge in [0.15, 0.2) is 34.9 Å². The molecule has 0 radical (unpaired) electrons. The van der Waals surface area contributed by atoms with Gasteiger partial charge in [-0.2, -0.15) is 0 Å². The van der Waals surface area contributed by atoms with E-state index in [2.05, 4.69) is 213 Å². The van der Waals surface area contributed by atoms with Crippen LogP contribution in [0.15, 0.2) is 387 Å². The maximum atomic E-state index is 6.57. The van der Waals surface area contributed by atoms with Crippen molar-refractivity contribution in [2.75, 3.05) is 0 Å². The molecule has 0 unspecified atom stereocenters. The summed E-state index contributed by atoms with van der Waals surface area (Å²) in [7, 11) is -1.14. The van der Waals surface area contributed by atoms with Gasteiger partial charge in [0.1, 0.15) is 4.60 Å². The average molecular weight is 1720 g/mol. The molecule has 10 aromatic carbocycles. The Morgan fingerprint density at radius 3 is 0.701 bits per heavy atom. The number of aromatic nitrogens is 12. The van der Waals surface area contributed by atoms with Crippen LogP contribution in [-0.2, 0) is 18.6 Å². The molecule has 616 valence electrons. The number of hydrogen-bond acceptors (Lipinski definition) is 16. The van der Waals surface area contributed by atoms with E-state index in [1.165, 1.54) is 0 Å². The molecule has 2 saturated heterocycles. The molecule has 8 aromatic heterocycles. The van der Waals surface area contributed by atoms with Crippen LogP contribution in [0.2, 0.25) is 0 Å². The molecule has 2 aliphatic heterocycles. The van der Waals surface area contributed by atoms with Gasteiger partial charge in [-0.15, -0.1) is 0 Å². The Morgan fingerprint density at radius 1 is 0.189 bits per heavy atom. The summed E-state index contributed by atoms with van der Waals surface area (Å²) in [5.41, 5.74) is 21.7. The van der Waals surface area contributed by atoms with E-state index in [1.807, 2.05) is 243 Å². The summed E-state index contributed by atoms with van der Waals surface area (Å²) >= 11 is 3.32. The number of nitrogens with zero attached hydrogens (tertiary/aromatic N) is 12. The van der Waals surface area contributed by atoms with Crippen molar-refractivity contribution in [2.24, 2.45) is 0 Å². The van der Waals surface area contributed by atoms with Gasteiger partial charge in [-0.3, -0.25) is 15.0 Å². The van der Waals surface area contributed by atoms with Crippen LogP contribution in [0.3, 0.4) is 0 Å². The minimum Gasteiger partial charge on any atom is -0.399 e. The predicted molar refractivity (Wildman–Crippen MR) is 514 cm³/mol. The Hall–Kier alpha value is -14.4. The van der Waals surface area contributed by atoms with E-state index in [4.69, 9.17) is 58.5 Å². The lowest BCUT2D eigenvalue weighted by molar-refractivity contribution is 0.00578. The molecule has 0 saturated carbocycles. The van der Waals surface area contributed by atoms with Crippen LogP contribution in [0.25, 0.3) is 170 Å². The van der Waals surface area contributed by atoms with Crippen LogP contribution in [0.1, 0.15) is 55.4 Å². The lowest BCUT2D eigenvalue weighted by Gasteiger charge is -2.32. The van der Waals surface area contributed by atoms with Crippen LogP contribution >= 0.6 is 15.9 Å². The van der Waals surface area contributed by atoms with Crippen molar-refractivity contribution in [2.45, 2.75) is 77.8 Å². The molecule has 127 heavy (non-hydrogen) atoms. The van der Waals surface area contributed by atoms with E-state index < -0.39 is 36.6 Å². The first kappa shape index (κ1) is 83.5. The molecule has 16 nitrogen and oxygen atoms in total. The second-order valence-electron chi connectivity index (χ2n) is 33.1. The van der Waals surface area contributed by atoms with Crippen LogP contribution in [0.5, 0.6) is 0 Å². The van der Waals surface area contributed by atoms with E-state index in [9.17, 15) is 0 Å². The summed E-state index contributed by atoms with van der Waals surface area (Å²) in [6.45, 7) is 16.6. The standard InChI is InChI=1S/C53H35N7.C45H45B2N3O4.C10H7BrN2/c1-4-16-36(17-5-1)39-30-41(45-24-14-26-49(56-45)47-22-10-12-28-54-47)34-43(32-39)52-58-51(38-20-8-3-9-21-38)59-53(60-52)44-33-40(37-18-6-2-7-19-37)31-42(35-44)46-25-15-27-50(57-46)48-23-11-13-29-55-48;1-42(2)43(3,4)52-46(51-42)37-26-33(30-18-12-9-13-19-30)24-35(28-37)40-48-39(32-22-16-11-17-23-32)49-41(50-40)36-25-34(31-20-14-10-15-21-31)27-38(29-36)47-53-44(5,6)45(7,8)54-47;11-10-6-3-5-9(13-10)8-4-1-2-7-12-8/h1-35H;9-29H,1-8H3;1-7H. The van der Waals surface area contributed by atoms with Gasteiger partial charge in [-0.25, -0.2) is 44.9 Å². The predicted octanol–water partition coefficient (Wildman–Crippen LogP) is 24.2. The first-order chi connectivity index (χ1) is 61.7. The van der Waals surface area contributed by atoms with E-state index in [0.29, 0.717) is 34.9 Å². The van der Waals surface area contributed by atoms with Crippen LogP contribution in [-0.4, -0.2) is 96.4 Å². The monoisotopic (exact) mass is 1720 g/mol. The maximum absolute atomic E-state index is 6.57. The quantitative estimate of drug-likeness (QED) is 0.0617. The molecule has 2 aliphatic rings. The van der Waals surface area contributed by atoms with Crippen LogP contribution in [0, 0.1) is 0 Å². The Bertz CT molecular complexity index is 6560. The van der Waals surface area contributed by atoms with Crippen molar-refractivity contribution in [3.63, 3.8) is 0 Å². The Morgan fingerprint density at radius 2 is 0.409 bits per heavy atom. The smallest absolute Gasteiger partial charge is 0.399 e. The van der Waals surface area contributed by atoms with Gasteiger partial charge in [0.25, 0.3) is 0 Å². The highest BCUT2D eigenvalue weighted by atomic mass is 79.9. The topological polar surface area (TPSA) is 192 Å². The molecule has 20 rings (SSSR count). The minimum absolute atomic E-state index is 0.500. The first-order valence-corrected chi connectivity index (χ1v) is 43.0. The lowest BCUT2D eigenvalue weighted by atomic mass is 9.76. The van der Waals surface area contributed by atoms with Crippen molar-refractivity contribution in [1.29, 1.82) is 0 Å². The van der Waals surface area contributed by atoms with Crippen molar-refractivity contribution in [3.05, 3.63) is 387 Å². The van der Waals surface area contributed by atoms with Crippen molar-refractivity contribution >= 4 is 41.1 Å². The molecule has 0 aliphatic carbocycles. The zero-order valence-electron chi connectivity index (χ0n) is 71.4.